The smallest absolute Gasteiger partial charge is 0.266 e. The third kappa shape index (κ3) is 7.93. The number of halogens is 3. The molecule has 0 unspecified atom stereocenters. The van der Waals surface area contributed by atoms with Crippen molar-refractivity contribution in [3.63, 3.8) is 0 Å². The number of rotatable bonds is 10. The zero-order valence-corrected chi connectivity index (χ0v) is 23.6. The quantitative estimate of drug-likeness (QED) is 0.148. The average molecular weight is 594 g/mol. The molecule has 0 heterocycles. The number of carbonyl (C=O) groups is 1. The zero-order chi connectivity index (χ0) is 28.5. The van der Waals surface area contributed by atoms with Crippen LogP contribution in [0.3, 0.4) is 0 Å². The molecule has 40 heavy (non-hydrogen) atoms. The molecule has 0 saturated carbocycles. The van der Waals surface area contributed by atoms with Crippen LogP contribution in [-0.2, 0) is 18.0 Å². The van der Waals surface area contributed by atoms with E-state index in [2.05, 4.69) is 5.32 Å². The van der Waals surface area contributed by atoms with Crippen molar-refractivity contribution in [3.05, 3.63) is 122 Å². The summed E-state index contributed by atoms with van der Waals surface area (Å²) >= 11 is 18.3. The number of nitrogens with one attached hydrogen (secondary N) is 1. The van der Waals surface area contributed by atoms with E-state index in [0.717, 1.165) is 11.1 Å². The van der Waals surface area contributed by atoms with Gasteiger partial charge in [0.25, 0.3) is 5.91 Å². The predicted octanol–water partition coefficient (Wildman–Crippen LogP) is 8.36. The summed E-state index contributed by atoms with van der Waals surface area (Å²) in [7, 11) is 1.48. The molecule has 202 valence electrons. The lowest BCUT2D eigenvalue weighted by molar-refractivity contribution is -0.112. The Morgan fingerprint density at radius 1 is 0.850 bits per heavy atom. The maximum absolute atomic E-state index is 12.8. The van der Waals surface area contributed by atoms with Crippen molar-refractivity contribution in [2.24, 2.45) is 0 Å². The average Bonchev–Trinajstić information content (AvgIpc) is 2.96. The summed E-state index contributed by atoms with van der Waals surface area (Å²) in [6.45, 7) is 0.625. The van der Waals surface area contributed by atoms with Crippen LogP contribution in [0.15, 0.2) is 90.5 Å². The Hall–Kier alpha value is -4.15. The lowest BCUT2D eigenvalue weighted by atomic mass is 10.1. The summed E-state index contributed by atoms with van der Waals surface area (Å²) in [5, 5.41) is 13.9. The SMILES string of the molecule is COc1cc(/C=C(\C#N)C(=O)Nc2ccc(OCc3ccc(Cl)cc3)cc2)cc(Cl)c1OCc1ccc(Cl)cc1. The molecule has 0 bridgehead atoms. The van der Waals surface area contributed by atoms with Gasteiger partial charge in [-0.1, -0.05) is 59.1 Å². The summed E-state index contributed by atoms with van der Waals surface area (Å²) in [5.41, 5.74) is 2.76. The van der Waals surface area contributed by atoms with Crippen molar-refractivity contribution < 1.29 is 19.0 Å². The van der Waals surface area contributed by atoms with Crippen LogP contribution in [0.1, 0.15) is 16.7 Å². The number of ether oxygens (including phenoxy) is 3. The van der Waals surface area contributed by atoms with Crippen LogP contribution >= 0.6 is 34.8 Å². The monoisotopic (exact) mass is 592 g/mol. The Balaban J connectivity index is 1.41. The molecule has 0 aliphatic rings. The molecule has 0 aliphatic carbocycles. The van der Waals surface area contributed by atoms with E-state index in [1.165, 1.54) is 13.2 Å². The number of hydrogen-bond donors (Lipinski definition) is 1. The van der Waals surface area contributed by atoms with Gasteiger partial charge in [0, 0.05) is 15.7 Å². The van der Waals surface area contributed by atoms with Gasteiger partial charge in [-0.2, -0.15) is 5.26 Å². The van der Waals surface area contributed by atoms with Gasteiger partial charge >= 0.3 is 0 Å². The normalized spacial score (nSPS) is 10.9. The van der Waals surface area contributed by atoms with Gasteiger partial charge in [0.05, 0.1) is 12.1 Å². The molecule has 4 aromatic rings. The first-order valence-electron chi connectivity index (χ1n) is 12.0. The highest BCUT2D eigenvalue weighted by Gasteiger charge is 2.15. The minimum Gasteiger partial charge on any atom is -0.493 e. The fraction of sp³-hybridized carbons (Fsp3) is 0.0968. The number of methoxy groups -OCH3 is 1. The summed E-state index contributed by atoms with van der Waals surface area (Å²) < 4.78 is 17.1. The maximum Gasteiger partial charge on any atom is 0.266 e. The third-order valence-corrected chi connectivity index (χ3v) is 6.44. The highest BCUT2D eigenvalue weighted by atomic mass is 35.5. The van der Waals surface area contributed by atoms with Crippen molar-refractivity contribution in [2.45, 2.75) is 13.2 Å². The first-order valence-corrected chi connectivity index (χ1v) is 13.1. The van der Waals surface area contributed by atoms with Crippen molar-refractivity contribution in [2.75, 3.05) is 12.4 Å². The van der Waals surface area contributed by atoms with Crippen LogP contribution in [0.4, 0.5) is 5.69 Å². The largest absolute Gasteiger partial charge is 0.493 e. The molecule has 0 aromatic heterocycles. The van der Waals surface area contributed by atoms with Gasteiger partial charge in [-0.15, -0.1) is 0 Å². The van der Waals surface area contributed by atoms with Gasteiger partial charge in [0.2, 0.25) is 0 Å². The van der Waals surface area contributed by atoms with Crippen molar-refractivity contribution >= 4 is 52.5 Å². The number of nitrogens with zero attached hydrogens (tertiary/aromatic N) is 1. The number of anilines is 1. The molecule has 0 radical (unpaired) electrons. The lowest BCUT2D eigenvalue weighted by Gasteiger charge is -2.14. The molecule has 0 aliphatic heterocycles. The number of hydrogen-bond acceptors (Lipinski definition) is 5. The fourth-order valence-electron chi connectivity index (χ4n) is 3.59. The van der Waals surface area contributed by atoms with E-state index in [-0.39, 0.29) is 17.2 Å². The van der Waals surface area contributed by atoms with Crippen molar-refractivity contribution in [1.29, 1.82) is 5.26 Å². The minimum absolute atomic E-state index is 0.115. The van der Waals surface area contributed by atoms with E-state index in [1.807, 2.05) is 30.3 Å². The van der Waals surface area contributed by atoms with Gasteiger partial charge in [-0.3, -0.25) is 4.79 Å². The number of carbonyl (C=O) groups excluding carboxylic acids is 1. The molecule has 4 rings (SSSR count). The number of nitriles is 1. The topological polar surface area (TPSA) is 80.6 Å². The Morgan fingerprint density at radius 3 is 1.98 bits per heavy atom. The van der Waals surface area contributed by atoms with E-state index < -0.39 is 5.91 Å². The Morgan fingerprint density at radius 2 is 1.43 bits per heavy atom. The Labute approximate surface area is 247 Å². The van der Waals surface area contributed by atoms with Crippen molar-refractivity contribution in [1.82, 2.24) is 0 Å². The van der Waals surface area contributed by atoms with E-state index in [9.17, 15) is 10.1 Å². The minimum atomic E-state index is -0.574. The van der Waals surface area contributed by atoms with Gasteiger partial charge in [0.15, 0.2) is 11.5 Å². The number of benzene rings is 4. The molecular formula is C31H23Cl3N2O4. The van der Waals surface area contributed by atoms with Crippen LogP contribution in [0.2, 0.25) is 15.1 Å². The van der Waals surface area contributed by atoms with Gasteiger partial charge in [0.1, 0.15) is 30.6 Å². The van der Waals surface area contributed by atoms with E-state index in [1.54, 1.807) is 60.7 Å². The molecule has 6 nitrogen and oxygen atoms in total. The van der Waals surface area contributed by atoms with Crippen molar-refractivity contribution in [3.8, 4) is 23.3 Å². The predicted molar refractivity (Wildman–Crippen MR) is 158 cm³/mol. The molecule has 0 atom stereocenters. The third-order valence-electron chi connectivity index (χ3n) is 5.66. The van der Waals surface area contributed by atoms with E-state index in [4.69, 9.17) is 49.0 Å². The summed E-state index contributed by atoms with van der Waals surface area (Å²) in [5.74, 6) is 0.761. The molecule has 0 saturated heterocycles. The van der Waals surface area contributed by atoms with Crippen LogP contribution < -0.4 is 19.5 Å². The molecule has 1 amide bonds. The first-order chi connectivity index (χ1) is 19.3. The van der Waals surface area contributed by atoms with Gasteiger partial charge < -0.3 is 19.5 Å². The van der Waals surface area contributed by atoms with Gasteiger partial charge in [-0.05, 0) is 83.4 Å². The molecule has 0 fully saturated rings. The lowest BCUT2D eigenvalue weighted by Crippen LogP contribution is -2.13. The fourth-order valence-corrected chi connectivity index (χ4v) is 4.12. The molecule has 9 heteroatoms. The second-order valence-electron chi connectivity index (χ2n) is 8.51. The second-order valence-corrected chi connectivity index (χ2v) is 9.79. The standard InChI is InChI=1S/C31H23Cl3N2O4/c1-38-29-16-22(15-28(34)30(29)40-19-21-4-8-25(33)9-5-21)14-23(17-35)31(37)36-26-10-12-27(13-11-26)39-18-20-2-6-24(32)7-3-20/h2-16H,18-19H2,1H3,(H,36,37)/b23-14+. The summed E-state index contributed by atoms with van der Waals surface area (Å²) in [6, 6.07) is 26.6. The Kier molecular flexibility index (Phi) is 9.93. The summed E-state index contributed by atoms with van der Waals surface area (Å²) in [4.78, 5) is 12.8. The number of amides is 1. The van der Waals surface area contributed by atoms with Crippen LogP contribution in [0.5, 0.6) is 17.2 Å². The van der Waals surface area contributed by atoms with Crippen LogP contribution in [-0.4, -0.2) is 13.0 Å². The zero-order valence-electron chi connectivity index (χ0n) is 21.3. The van der Waals surface area contributed by atoms with E-state index >= 15 is 0 Å². The second kappa shape index (κ2) is 13.8. The molecule has 1 N–H and O–H groups in total. The molecular weight excluding hydrogens is 571 g/mol. The summed E-state index contributed by atoms with van der Waals surface area (Å²) in [6.07, 6.45) is 1.43. The van der Waals surface area contributed by atoms with Crippen LogP contribution in [0, 0.1) is 11.3 Å². The maximum atomic E-state index is 12.8. The first kappa shape index (κ1) is 28.8. The molecule has 0 spiro atoms. The molecule has 4 aromatic carbocycles. The van der Waals surface area contributed by atoms with Crippen LogP contribution in [0.25, 0.3) is 6.08 Å². The highest BCUT2D eigenvalue weighted by molar-refractivity contribution is 6.32. The van der Waals surface area contributed by atoms with Gasteiger partial charge in [-0.25, -0.2) is 0 Å². The van der Waals surface area contributed by atoms with E-state index in [0.29, 0.717) is 45.2 Å². The Bertz CT molecular complexity index is 1550. The highest BCUT2D eigenvalue weighted by Crippen LogP contribution is 2.37.